The van der Waals surface area contributed by atoms with Crippen LogP contribution in [0.4, 0.5) is 0 Å². The first-order chi connectivity index (χ1) is 9.25. The van der Waals surface area contributed by atoms with Crippen LogP contribution in [0.25, 0.3) is 10.8 Å². The lowest BCUT2D eigenvalue weighted by Crippen LogP contribution is -2.37. The van der Waals surface area contributed by atoms with Crippen molar-refractivity contribution in [1.29, 1.82) is 0 Å². The third kappa shape index (κ3) is 2.25. The quantitative estimate of drug-likeness (QED) is 0.770. The fraction of sp³-hybridized carbons (Fsp3) is 0.214. The molecule has 0 spiro atoms. The van der Waals surface area contributed by atoms with E-state index in [0.29, 0.717) is 13.2 Å². The molecule has 1 saturated heterocycles. The number of hydrogen-bond donors (Lipinski definition) is 3. The summed E-state index contributed by atoms with van der Waals surface area (Å²) in [5.41, 5.74) is 3.08. The van der Waals surface area contributed by atoms with Crippen LogP contribution in [0, 0.1) is 0 Å². The van der Waals surface area contributed by atoms with Crippen LogP contribution in [-0.4, -0.2) is 23.7 Å². The summed E-state index contributed by atoms with van der Waals surface area (Å²) in [4.78, 5) is 16.2. The maximum absolute atomic E-state index is 11.4. The van der Waals surface area contributed by atoms with Crippen LogP contribution in [0.5, 0.6) is 5.75 Å². The summed E-state index contributed by atoms with van der Waals surface area (Å²) in [5, 5.41) is 15.1. The molecule has 5 nitrogen and oxygen atoms in total. The summed E-state index contributed by atoms with van der Waals surface area (Å²) >= 11 is 0. The van der Waals surface area contributed by atoms with Crippen LogP contribution in [0.15, 0.2) is 36.4 Å². The van der Waals surface area contributed by atoms with Crippen LogP contribution in [0.1, 0.15) is 5.56 Å². The van der Waals surface area contributed by atoms with Gasteiger partial charge in [0, 0.05) is 12.1 Å². The number of phenolic OH excluding ortho intramolecular Hbond substituents is 1. The minimum atomic E-state index is -0.377. The minimum absolute atomic E-state index is 0.181. The standard InChI is InChI=1S/C14H14N2O3/c17-13-6-5-9-3-1-2-4-10(9)11(13)7-15-12-8-19-16-14(12)18/h1-6,12,15,17H,7-8H2,(H,16,18)/t12-/m0/s1. The number of phenols is 1. The molecule has 0 radical (unpaired) electrons. The highest BCUT2D eigenvalue weighted by atomic mass is 16.7. The van der Waals surface area contributed by atoms with Crippen molar-refractivity contribution < 1.29 is 14.7 Å². The van der Waals surface area contributed by atoms with Gasteiger partial charge in [-0.3, -0.25) is 14.9 Å². The third-order valence-electron chi connectivity index (χ3n) is 3.28. The van der Waals surface area contributed by atoms with Crippen molar-refractivity contribution in [2.45, 2.75) is 12.6 Å². The first-order valence-electron chi connectivity index (χ1n) is 6.10. The van der Waals surface area contributed by atoms with Crippen LogP contribution in [-0.2, 0) is 16.2 Å². The van der Waals surface area contributed by atoms with E-state index in [1.165, 1.54) is 0 Å². The Kier molecular flexibility index (Phi) is 3.06. The number of nitrogens with one attached hydrogen (secondary N) is 2. The predicted molar refractivity (Wildman–Crippen MR) is 70.3 cm³/mol. The summed E-state index contributed by atoms with van der Waals surface area (Å²) in [5.74, 6) is 0.0465. The molecule has 0 aliphatic carbocycles. The Morgan fingerprint density at radius 1 is 1.32 bits per heavy atom. The number of hydrogen-bond acceptors (Lipinski definition) is 4. The number of carbonyl (C=O) groups is 1. The van der Waals surface area contributed by atoms with Crippen LogP contribution < -0.4 is 10.8 Å². The first-order valence-corrected chi connectivity index (χ1v) is 6.10. The zero-order valence-electron chi connectivity index (χ0n) is 10.2. The smallest absolute Gasteiger partial charge is 0.263 e. The maximum atomic E-state index is 11.4. The number of amides is 1. The number of rotatable bonds is 3. The molecule has 0 aromatic heterocycles. The molecule has 1 amide bonds. The molecule has 1 atom stereocenters. The monoisotopic (exact) mass is 258 g/mol. The lowest BCUT2D eigenvalue weighted by molar-refractivity contribution is -0.125. The van der Waals surface area contributed by atoms with Gasteiger partial charge < -0.3 is 5.11 Å². The van der Waals surface area contributed by atoms with Gasteiger partial charge >= 0.3 is 0 Å². The summed E-state index contributed by atoms with van der Waals surface area (Å²) in [6.07, 6.45) is 0. The van der Waals surface area contributed by atoms with Crippen molar-refractivity contribution >= 4 is 16.7 Å². The highest BCUT2D eigenvalue weighted by Crippen LogP contribution is 2.26. The van der Waals surface area contributed by atoms with E-state index in [9.17, 15) is 9.90 Å². The van der Waals surface area contributed by atoms with Gasteiger partial charge in [-0.05, 0) is 16.8 Å². The normalized spacial score (nSPS) is 18.7. The van der Waals surface area contributed by atoms with Gasteiger partial charge in [-0.2, -0.15) is 0 Å². The number of aromatic hydroxyl groups is 1. The Hall–Kier alpha value is -2.11. The Morgan fingerprint density at radius 2 is 2.16 bits per heavy atom. The predicted octanol–water partition coefficient (Wildman–Crippen LogP) is 1.06. The molecule has 1 heterocycles. The molecule has 1 aliphatic rings. The van der Waals surface area contributed by atoms with Gasteiger partial charge in [-0.1, -0.05) is 30.3 Å². The van der Waals surface area contributed by atoms with Gasteiger partial charge in [0.05, 0.1) is 6.61 Å². The molecule has 2 aromatic rings. The van der Waals surface area contributed by atoms with E-state index < -0.39 is 0 Å². The van der Waals surface area contributed by atoms with E-state index in [2.05, 4.69) is 10.8 Å². The molecule has 19 heavy (non-hydrogen) atoms. The zero-order chi connectivity index (χ0) is 13.2. The molecule has 5 heteroatoms. The maximum Gasteiger partial charge on any atom is 0.263 e. The summed E-state index contributed by atoms with van der Waals surface area (Å²) < 4.78 is 0. The second-order valence-electron chi connectivity index (χ2n) is 4.50. The van der Waals surface area contributed by atoms with E-state index in [4.69, 9.17) is 4.84 Å². The fourth-order valence-corrected chi connectivity index (χ4v) is 2.23. The van der Waals surface area contributed by atoms with Gasteiger partial charge in [0.2, 0.25) is 0 Å². The molecule has 0 saturated carbocycles. The fourth-order valence-electron chi connectivity index (χ4n) is 2.23. The van der Waals surface area contributed by atoms with Crippen molar-refractivity contribution in [1.82, 2.24) is 10.8 Å². The lowest BCUT2D eigenvalue weighted by Gasteiger charge is -2.12. The molecule has 2 aromatic carbocycles. The lowest BCUT2D eigenvalue weighted by atomic mass is 10.0. The molecular formula is C14H14N2O3. The highest BCUT2D eigenvalue weighted by molar-refractivity contribution is 5.88. The molecule has 98 valence electrons. The minimum Gasteiger partial charge on any atom is -0.508 e. The van der Waals surface area contributed by atoms with E-state index in [-0.39, 0.29) is 17.7 Å². The number of fused-ring (bicyclic) bond motifs is 1. The van der Waals surface area contributed by atoms with Crippen molar-refractivity contribution in [2.75, 3.05) is 6.61 Å². The topological polar surface area (TPSA) is 70.6 Å². The number of hydroxylamine groups is 1. The van der Waals surface area contributed by atoms with E-state index >= 15 is 0 Å². The Morgan fingerprint density at radius 3 is 2.95 bits per heavy atom. The van der Waals surface area contributed by atoms with Crippen LogP contribution in [0.2, 0.25) is 0 Å². The Labute approximate surface area is 110 Å². The highest BCUT2D eigenvalue weighted by Gasteiger charge is 2.25. The molecule has 1 aliphatic heterocycles. The number of benzene rings is 2. The van der Waals surface area contributed by atoms with Gasteiger partial charge in [0.15, 0.2) is 0 Å². The van der Waals surface area contributed by atoms with Crippen molar-refractivity contribution in [2.24, 2.45) is 0 Å². The molecule has 0 bridgehead atoms. The molecule has 0 unspecified atom stereocenters. The first kappa shape index (κ1) is 12.0. The average Bonchev–Trinajstić information content (AvgIpc) is 2.83. The van der Waals surface area contributed by atoms with E-state index in [0.717, 1.165) is 16.3 Å². The van der Waals surface area contributed by atoms with Crippen LogP contribution >= 0.6 is 0 Å². The van der Waals surface area contributed by atoms with Gasteiger partial charge in [-0.25, -0.2) is 5.48 Å². The van der Waals surface area contributed by atoms with Crippen molar-refractivity contribution in [3.8, 4) is 5.75 Å². The number of carbonyl (C=O) groups excluding carboxylic acids is 1. The van der Waals surface area contributed by atoms with E-state index in [1.807, 2.05) is 30.3 Å². The molecule has 1 fully saturated rings. The van der Waals surface area contributed by atoms with Crippen LogP contribution in [0.3, 0.4) is 0 Å². The van der Waals surface area contributed by atoms with Crippen molar-refractivity contribution in [3.05, 3.63) is 42.0 Å². The largest absolute Gasteiger partial charge is 0.508 e. The third-order valence-corrected chi connectivity index (χ3v) is 3.28. The van der Waals surface area contributed by atoms with Crippen molar-refractivity contribution in [3.63, 3.8) is 0 Å². The Bertz CT molecular complexity index is 627. The van der Waals surface area contributed by atoms with Gasteiger partial charge in [-0.15, -0.1) is 0 Å². The molecular weight excluding hydrogens is 244 g/mol. The summed E-state index contributed by atoms with van der Waals surface area (Å²) in [6.45, 7) is 0.707. The Balaban J connectivity index is 1.87. The summed E-state index contributed by atoms with van der Waals surface area (Å²) in [6, 6.07) is 11.0. The second-order valence-corrected chi connectivity index (χ2v) is 4.50. The molecule has 3 N–H and O–H groups in total. The second kappa shape index (κ2) is 4.87. The molecule has 3 rings (SSSR count). The zero-order valence-corrected chi connectivity index (χ0v) is 10.2. The average molecular weight is 258 g/mol. The van der Waals surface area contributed by atoms with Gasteiger partial charge in [0.1, 0.15) is 11.8 Å². The van der Waals surface area contributed by atoms with E-state index in [1.54, 1.807) is 6.07 Å². The SMILES string of the molecule is O=C1NOC[C@@H]1NCc1c(O)ccc2ccccc12. The van der Waals surface area contributed by atoms with Gasteiger partial charge in [0.25, 0.3) is 5.91 Å². The summed E-state index contributed by atoms with van der Waals surface area (Å²) in [7, 11) is 0.